The van der Waals surface area contributed by atoms with Crippen molar-refractivity contribution in [3.63, 3.8) is 0 Å². The molecular formula is C12H14BrClN2O3. The van der Waals surface area contributed by atoms with Gasteiger partial charge in [0.2, 0.25) is 0 Å². The van der Waals surface area contributed by atoms with Crippen molar-refractivity contribution < 1.29 is 14.7 Å². The van der Waals surface area contributed by atoms with E-state index in [2.05, 4.69) is 20.9 Å². The van der Waals surface area contributed by atoms with Gasteiger partial charge in [-0.3, -0.25) is 9.59 Å². The molecule has 1 heterocycles. The van der Waals surface area contributed by atoms with Crippen LogP contribution in [0.3, 0.4) is 0 Å². The largest absolute Gasteiger partial charge is 0.480 e. The molecule has 0 aliphatic carbocycles. The van der Waals surface area contributed by atoms with Crippen LogP contribution in [0.25, 0.3) is 0 Å². The molecule has 1 aromatic rings. The molecule has 0 fully saturated rings. The van der Waals surface area contributed by atoms with E-state index in [0.29, 0.717) is 10.9 Å². The highest BCUT2D eigenvalue weighted by molar-refractivity contribution is 9.10. The number of amides is 1. The molecule has 1 unspecified atom stereocenters. The lowest BCUT2D eigenvalue weighted by molar-refractivity contribution is -0.138. The van der Waals surface area contributed by atoms with E-state index in [0.717, 1.165) is 0 Å². The molecule has 0 radical (unpaired) electrons. The quantitative estimate of drug-likeness (QED) is 0.830. The van der Waals surface area contributed by atoms with E-state index in [4.69, 9.17) is 16.7 Å². The fraction of sp³-hybridized carbons (Fsp3) is 0.417. The average Bonchev–Trinajstić information content (AvgIpc) is 2.37. The first-order valence-corrected chi connectivity index (χ1v) is 6.87. The van der Waals surface area contributed by atoms with Crippen LogP contribution in [-0.2, 0) is 4.79 Å². The van der Waals surface area contributed by atoms with E-state index >= 15 is 0 Å². The second-order valence-electron chi connectivity index (χ2n) is 4.08. The summed E-state index contributed by atoms with van der Waals surface area (Å²) >= 11 is 9.10. The molecule has 1 N–H and O–H groups in total. The number of aromatic nitrogens is 1. The van der Waals surface area contributed by atoms with Crippen molar-refractivity contribution in [3.8, 4) is 0 Å². The standard InChI is InChI=1S/C12H14BrClN2O3/c1-3-7(2)16(6-10(17)18)12(19)9-4-8(13)5-15-11(9)14/h4-5,7H,3,6H2,1-2H3,(H,17,18). The van der Waals surface area contributed by atoms with E-state index in [1.165, 1.54) is 17.2 Å². The Balaban J connectivity index is 3.11. The molecule has 0 aliphatic rings. The maximum atomic E-state index is 12.4. The Labute approximate surface area is 124 Å². The summed E-state index contributed by atoms with van der Waals surface area (Å²) in [5.41, 5.74) is 0.192. The van der Waals surface area contributed by atoms with Gasteiger partial charge in [-0.1, -0.05) is 18.5 Å². The number of carbonyl (C=O) groups excluding carboxylic acids is 1. The van der Waals surface area contributed by atoms with Gasteiger partial charge in [-0.25, -0.2) is 4.98 Å². The first-order valence-electron chi connectivity index (χ1n) is 5.70. The number of carbonyl (C=O) groups is 2. The van der Waals surface area contributed by atoms with Gasteiger partial charge in [0.05, 0.1) is 5.56 Å². The van der Waals surface area contributed by atoms with Crippen molar-refractivity contribution in [1.82, 2.24) is 9.88 Å². The van der Waals surface area contributed by atoms with Crippen molar-refractivity contribution in [3.05, 3.63) is 27.5 Å². The van der Waals surface area contributed by atoms with Gasteiger partial charge in [0.15, 0.2) is 0 Å². The van der Waals surface area contributed by atoms with Crippen LogP contribution in [0, 0.1) is 0 Å². The number of aliphatic carboxylic acids is 1. The number of rotatable bonds is 5. The molecule has 0 bridgehead atoms. The first-order chi connectivity index (χ1) is 8.86. The lowest BCUT2D eigenvalue weighted by atomic mass is 10.1. The molecule has 5 nitrogen and oxygen atoms in total. The molecule has 0 aromatic carbocycles. The van der Waals surface area contributed by atoms with Crippen LogP contribution in [0.1, 0.15) is 30.6 Å². The molecule has 7 heteroatoms. The van der Waals surface area contributed by atoms with Crippen LogP contribution in [0.2, 0.25) is 5.15 Å². The summed E-state index contributed by atoms with van der Waals surface area (Å²) in [7, 11) is 0. The van der Waals surface area contributed by atoms with Gasteiger partial charge in [0.1, 0.15) is 11.7 Å². The third-order valence-electron chi connectivity index (χ3n) is 2.73. The summed E-state index contributed by atoms with van der Waals surface area (Å²) < 4.78 is 0.611. The van der Waals surface area contributed by atoms with Crippen LogP contribution in [0.4, 0.5) is 0 Å². The molecule has 1 aromatic heterocycles. The van der Waals surface area contributed by atoms with Gasteiger partial charge in [-0.15, -0.1) is 0 Å². The van der Waals surface area contributed by atoms with Crippen LogP contribution < -0.4 is 0 Å². The summed E-state index contributed by atoms with van der Waals surface area (Å²) in [5.74, 6) is -1.50. The highest BCUT2D eigenvalue weighted by Gasteiger charge is 2.25. The third kappa shape index (κ3) is 4.18. The molecule has 19 heavy (non-hydrogen) atoms. The molecule has 104 valence electrons. The number of hydrogen-bond donors (Lipinski definition) is 1. The number of carboxylic acid groups (broad SMARTS) is 1. The number of pyridine rings is 1. The third-order valence-corrected chi connectivity index (χ3v) is 3.46. The maximum absolute atomic E-state index is 12.4. The second kappa shape index (κ2) is 6.86. The minimum atomic E-state index is -1.06. The number of nitrogens with zero attached hydrogens (tertiary/aromatic N) is 2. The molecule has 0 saturated carbocycles. The fourth-order valence-corrected chi connectivity index (χ4v) is 2.04. The SMILES string of the molecule is CCC(C)N(CC(=O)O)C(=O)c1cc(Br)cnc1Cl. The predicted octanol–water partition coefficient (Wildman–Crippen LogP) is 2.82. The van der Waals surface area contributed by atoms with E-state index in [1.807, 2.05) is 6.92 Å². The number of halogens is 2. The minimum absolute atomic E-state index is 0.0619. The van der Waals surface area contributed by atoms with Crippen LogP contribution in [0.15, 0.2) is 16.7 Å². The summed E-state index contributed by atoms with van der Waals surface area (Å²) in [6.07, 6.45) is 2.13. The maximum Gasteiger partial charge on any atom is 0.323 e. The number of hydrogen-bond acceptors (Lipinski definition) is 3. The normalized spacial score (nSPS) is 12.0. The summed E-state index contributed by atoms with van der Waals surface area (Å²) in [6, 6.07) is 1.34. The molecule has 0 spiro atoms. The Kier molecular flexibility index (Phi) is 5.75. The molecule has 1 rings (SSSR count). The Morgan fingerprint density at radius 1 is 1.58 bits per heavy atom. The smallest absolute Gasteiger partial charge is 0.323 e. The Hall–Kier alpha value is -1.14. The zero-order valence-corrected chi connectivity index (χ0v) is 12.9. The van der Waals surface area contributed by atoms with Crippen molar-refractivity contribution in [2.45, 2.75) is 26.3 Å². The van der Waals surface area contributed by atoms with Gasteiger partial charge in [-0.05, 0) is 35.3 Å². The van der Waals surface area contributed by atoms with E-state index in [-0.39, 0.29) is 23.3 Å². The van der Waals surface area contributed by atoms with Crippen LogP contribution in [0.5, 0.6) is 0 Å². The number of carboxylic acids is 1. The fourth-order valence-electron chi connectivity index (χ4n) is 1.52. The van der Waals surface area contributed by atoms with Crippen molar-refractivity contribution in [2.24, 2.45) is 0 Å². The molecule has 0 aliphatic heterocycles. The van der Waals surface area contributed by atoms with E-state index < -0.39 is 11.9 Å². The lowest BCUT2D eigenvalue weighted by Crippen LogP contribution is -2.42. The second-order valence-corrected chi connectivity index (χ2v) is 5.35. The molecule has 1 amide bonds. The summed E-state index contributed by atoms with van der Waals surface area (Å²) in [6.45, 7) is 3.31. The summed E-state index contributed by atoms with van der Waals surface area (Å²) in [4.78, 5) is 28.4. The van der Waals surface area contributed by atoms with Crippen molar-refractivity contribution >= 4 is 39.4 Å². The van der Waals surface area contributed by atoms with Gasteiger partial charge < -0.3 is 10.0 Å². The zero-order valence-electron chi connectivity index (χ0n) is 10.6. The topological polar surface area (TPSA) is 70.5 Å². The van der Waals surface area contributed by atoms with Gasteiger partial charge in [0.25, 0.3) is 5.91 Å². The summed E-state index contributed by atoms with van der Waals surface area (Å²) in [5, 5.41) is 8.96. The first kappa shape index (κ1) is 15.9. The van der Waals surface area contributed by atoms with Gasteiger partial charge >= 0.3 is 5.97 Å². The minimum Gasteiger partial charge on any atom is -0.480 e. The molecular weight excluding hydrogens is 336 g/mol. The van der Waals surface area contributed by atoms with Crippen molar-refractivity contribution in [1.29, 1.82) is 0 Å². The highest BCUT2D eigenvalue weighted by atomic mass is 79.9. The van der Waals surface area contributed by atoms with Gasteiger partial charge in [-0.2, -0.15) is 0 Å². The monoisotopic (exact) mass is 348 g/mol. The highest BCUT2D eigenvalue weighted by Crippen LogP contribution is 2.21. The van der Waals surface area contributed by atoms with Crippen LogP contribution >= 0.6 is 27.5 Å². The van der Waals surface area contributed by atoms with Crippen molar-refractivity contribution in [2.75, 3.05) is 6.54 Å². The average molecular weight is 350 g/mol. The Morgan fingerprint density at radius 3 is 2.74 bits per heavy atom. The predicted molar refractivity (Wildman–Crippen MR) is 75.4 cm³/mol. The molecule has 0 saturated heterocycles. The van der Waals surface area contributed by atoms with Gasteiger partial charge in [0, 0.05) is 16.7 Å². The van der Waals surface area contributed by atoms with E-state index in [9.17, 15) is 9.59 Å². The Morgan fingerprint density at radius 2 is 2.21 bits per heavy atom. The lowest BCUT2D eigenvalue weighted by Gasteiger charge is -2.27. The van der Waals surface area contributed by atoms with E-state index in [1.54, 1.807) is 6.92 Å². The molecule has 1 atom stereocenters. The zero-order chi connectivity index (χ0) is 14.6. The van der Waals surface area contributed by atoms with Crippen LogP contribution in [-0.4, -0.2) is 39.5 Å². The Bertz CT molecular complexity index is 496.